The number of hydrogen-bond donors (Lipinski definition) is 7. The standard InChI is InChI=1S/C33H45N15O24P4.4Li/c1-45-10-48(26-16(45)28(53)44-33(36)42-26)30-19(51)20(62-2)12(68-30)5-65-74(56,57)71-76(60,61)72-75(58,59)66-6-13-21(22(63-3)31(69-13)46-8-39-14-23(34)37-7-38-24(14)46)70-73(54,55)64-4-11-17(49)18(50)29(67-11)47-9-40-15-25(47)41-32(35)43-27(15)52;;;;/h7-13,17-22,29-31,49-51H,4-6H2,1-3H3,(H11-,34,35,36,37,38,41,42,43,44,52,53,54,55,56,57,58,59,60,61);;;;/q;4*+1/p-4/t11-,12-,13-,17-,18-,19-,20-,21-,22-,29-,30-,31-;;;;/m1..../s1. The van der Waals surface area contributed by atoms with Crippen LogP contribution in [0.2, 0.25) is 0 Å². The van der Waals surface area contributed by atoms with Crippen LogP contribution in [0.5, 0.6) is 5.88 Å². The number of rotatable bonds is 20. The van der Waals surface area contributed by atoms with Crippen molar-refractivity contribution in [2.45, 2.75) is 73.6 Å². The number of aromatic amines is 1. The summed E-state index contributed by atoms with van der Waals surface area (Å²) >= 11 is 0. The first kappa shape index (κ1) is 68.0. The molecule has 416 valence electrons. The molecule has 3 aliphatic rings. The van der Waals surface area contributed by atoms with Gasteiger partial charge < -0.3 is 99.0 Å². The number of nitrogens with one attached hydrogen (secondary N) is 1. The molecule has 0 aliphatic carbocycles. The SMILES string of the molecule is CO[C@@H]1[C@H](OP(=O)([O-])OC[C@H]2O[C@@H](n3cnc4c(=O)[nH]c(N)nc43)[C@H](O)[C@@H]2O)[C@@H](COP(=O)([O-])OP(=O)([O-])OP(=O)([O-])OC[C@H]2O[C@@H]([n+]3cn(C)c4c([O-])nc(N)nc43)[C@H](O)[C@@H]2OC)O[C@H]1n1cnc2c(N)ncnc21.[Li+].[Li+].[Li+].[Li+]. The van der Waals surface area contributed by atoms with Crippen LogP contribution in [0.4, 0.5) is 17.7 Å². The van der Waals surface area contributed by atoms with Crippen LogP contribution >= 0.6 is 31.3 Å². The summed E-state index contributed by atoms with van der Waals surface area (Å²) < 4.78 is 113. The number of fused-ring (bicyclic) bond motifs is 3. The molecule has 10 N–H and O–H groups in total. The van der Waals surface area contributed by atoms with Crippen molar-refractivity contribution in [2.75, 3.05) is 51.2 Å². The zero-order chi connectivity index (χ0) is 55.0. The van der Waals surface area contributed by atoms with Crippen LogP contribution in [0, 0.1) is 0 Å². The van der Waals surface area contributed by atoms with Gasteiger partial charge in [-0.05, 0) is 0 Å². The Morgan fingerprint density at radius 1 is 0.688 bits per heavy atom. The Hall–Kier alpha value is -2.76. The Bertz CT molecular complexity index is 3440. The van der Waals surface area contributed by atoms with Crippen LogP contribution in [0.1, 0.15) is 18.7 Å². The number of imidazole rings is 3. The number of nitrogens with zero attached hydrogens (tertiary/aromatic N) is 11. The van der Waals surface area contributed by atoms with Gasteiger partial charge in [0.15, 0.2) is 46.9 Å². The van der Waals surface area contributed by atoms with E-state index < -0.39 is 142 Å². The van der Waals surface area contributed by atoms with Crippen LogP contribution in [-0.4, -0.2) is 158 Å². The van der Waals surface area contributed by atoms with Crippen LogP contribution < -0.4 is 127 Å². The van der Waals surface area contributed by atoms with Gasteiger partial charge in [0.05, 0.1) is 39.5 Å². The maximum atomic E-state index is 13.6. The van der Waals surface area contributed by atoms with E-state index in [2.05, 4.69) is 53.0 Å². The fourth-order valence-electron chi connectivity index (χ4n) is 8.49. The number of aryl methyl sites for hydroxylation is 1. The maximum absolute atomic E-state index is 13.6. The average Bonchev–Trinajstić information content (AvgIpc) is 4.18. The van der Waals surface area contributed by atoms with Gasteiger partial charge in [-0.1, -0.05) is 4.98 Å². The summed E-state index contributed by atoms with van der Waals surface area (Å²) in [5.41, 5.74) is 15.9. The molecule has 16 atom stereocenters. The van der Waals surface area contributed by atoms with E-state index in [1.165, 1.54) is 17.9 Å². The van der Waals surface area contributed by atoms with Gasteiger partial charge in [0.2, 0.25) is 12.2 Å². The smallest absolute Gasteiger partial charge is 0.856 e. The number of aliphatic hydroxyl groups is 3. The predicted molar refractivity (Wildman–Crippen MR) is 232 cm³/mol. The van der Waals surface area contributed by atoms with E-state index in [1.54, 1.807) is 0 Å². The zero-order valence-corrected chi connectivity index (χ0v) is 46.3. The Morgan fingerprint density at radius 3 is 1.88 bits per heavy atom. The zero-order valence-electron chi connectivity index (χ0n) is 42.7. The van der Waals surface area contributed by atoms with Crippen molar-refractivity contribution in [3.8, 4) is 5.88 Å². The molecule has 9 heterocycles. The van der Waals surface area contributed by atoms with Gasteiger partial charge in [-0.15, -0.1) is 0 Å². The van der Waals surface area contributed by atoms with Crippen LogP contribution in [-0.2, 0) is 75.7 Å². The number of phosphoric acid groups is 4. The molecule has 0 spiro atoms. The normalized spacial score (nSPS) is 28.7. The van der Waals surface area contributed by atoms with Gasteiger partial charge in [0, 0.05) is 20.1 Å². The molecule has 39 nitrogen and oxygen atoms in total. The number of nitrogen functional groups attached to an aromatic ring is 3. The quantitative estimate of drug-likeness (QED) is 0.0212. The van der Waals surface area contributed by atoms with Crippen LogP contribution in [0.15, 0.2) is 30.1 Å². The monoisotopic (exact) mass is 1180 g/mol. The molecule has 3 fully saturated rings. The summed E-state index contributed by atoms with van der Waals surface area (Å²) in [4.78, 5) is 94.2. The minimum Gasteiger partial charge on any atom is -0.856 e. The third-order valence-electron chi connectivity index (χ3n) is 11.7. The first-order valence-corrected chi connectivity index (χ1v) is 27.3. The van der Waals surface area contributed by atoms with E-state index in [0.29, 0.717) is 0 Å². The van der Waals surface area contributed by atoms with Crippen molar-refractivity contribution in [3.63, 3.8) is 0 Å². The van der Waals surface area contributed by atoms with E-state index >= 15 is 0 Å². The van der Waals surface area contributed by atoms with Crippen molar-refractivity contribution >= 4 is 82.5 Å². The van der Waals surface area contributed by atoms with E-state index in [9.17, 15) is 63.1 Å². The summed E-state index contributed by atoms with van der Waals surface area (Å²) in [5, 5.41) is 45.2. The molecule has 80 heavy (non-hydrogen) atoms. The number of ether oxygens (including phenoxy) is 5. The maximum Gasteiger partial charge on any atom is 1.00 e. The van der Waals surface area contributed by atoms with Gasteiger partial charge in [-0.2, -0.15) is 4.98 Å². The predicted octanol–water partition coefficient (Wildman–Crippen LogP) is -18.8. The molecule has 0 amide bonds. The number of nitrogens with two attached hydrogens (primary N) is 3. The van der Waals surface area contributed by atoms with Gasteiger partial charge in [-0.3, -0.25) is 41.7 Å². The third kappa shape index (κ3) is 14.0. The molecule has 0 saturated carbocycles. The molecule has 0 bridgehead atoms. The molecule has 6 aromatic rings. The average molecular weight is 1180 g/mol. The Balaban J connectivity index is 0.00000294. The van der Waals surface area contributed by atoms with E-state index in [4.69, 9.17) is 54.5 Å². The Labute approximate surface area is 495 Å². The van der Waals surface area contributed by atoms with E-state index in [-0.39, 0.29) is 121 Å². The fraction of sp³-hybridized carbons (Fsp3) is 0.545. The first-order valence-electron chi connectivity index (χ1n) is 21.4. The first-order chi connectivity index (χ1) is 35.7. The summed E-state index contributed by atoms with van der Waals surface area (Å²) in [5.74, 6) is -1.64. The van der Waals surface area contributed by atoms with Gasteiger partial charge in [0.25, 0.3) is 42.8 Å². The molecular weight excluding hydrogens is 1140 g/mol. The van der Waals surface area contributed by atoms with Crippen LogP contribution in [0.3, 0.4) is 0 Å². The molecule has 4 unspecified atom stereocenters. The molecule has 47 heteroatoms. The second-order valence-electron chi connectivity index (χ2n) is 16.5. The van der Waals surface area contributed by atoms with Crippen molar-refractivity contribution in [1.29, 1.82) is 0 Å². The molecule has 9 rings (SSSR count). The third-order valence-corrected chi connectivity index (χ3v) is 16.8. The fourth-order valence-corrected chi connectivity index (χ4v) is 12.8. The number of hydrogen-bond acceptors (Lipinski definition) is 34. The number of methoxy groups -OCH3 is 2. The van der Waals surface area contributed by atoms with E-state index in [1.807, 2.05) is 0 Å². The van der Waals surface area contributed by atoms with Crippen molar-refractivity contribution in [3.05, 3.63) is 35.7 Å². The summed E-state index contributed by atoms with van der Waals surface area (Å²) in [6, 6.07) is 0. The van der Waals surface area contributed by atoms with Gasteiger partial charge in [-0.25, -0.2) is 38.1 Å². The van der Waals surface area contributed by atoms with Crippen LogP contribution in [0.25, 0.3) is 33.5 Å². The summed E-state index contributed by atoms with van der Waals surface area (Å²) in [6.45, 7) is -3.58. The largest absolute Gasteiger partial charge is 1.00 e. The number of aliphatic hydroxyl groups excluding tert-OH is 3. The minimum absolute atomic E-state index is 0. The van der Waals surface area contributed by atoms with Gasteiger partial charge >= 0.3 is 81.1 Å². The molecule has 3 aliphatic heterocycles. The molecule has 0 aromatic carbocycles. The van der Waals surface area contributed by atoms with Crippen molar-refractivity contribution < 1.29 is 189 Å². The Kier molecular flexibility index (Phi) is 22.3. The minimum atomic E-state index is -6.57. The topological polar surface area (TPSA) is 566 Å². The van der Waals surface area contributed by atoms with E-state index in [0.717, 1.165) is 46.9 Å². The molecular formula is C33H41Li4N15O24P4. The second kappa shape index (κ2) is 26.2. The second-order valence-corrected chi connectivity index (χ2v) is 22.4. The van der Waals surface area contributed by atoms with Crippen molar-refractivity contribution in [1.82, 2.24) is 53.6 Å². The molecule has 0 radical (unpaired) electrons. The number of anilines is 3. The summed E-state index contributed by atoms with van der Waals surface area (Å²) in [7, 11) is -21.2. The molecule has 3 saturated heterocycles. The van der Waals surface area contributed by atoms with Crippen molar-refractivity contribution in [2.24, 2.45) is 7.05 Å². The molecule has 6 aromatic heterocycles. The number of H-pyrrole nitrogens is 1. The number of aromatic nitrogens is 12. The summed E-state index contributed by atoms with van der Waals surface area (Å²) in [6.07, 6.45) is -15.5. The number of phosphoric ester groups is 3. The van der Waals surface area contributed by atoms with Gasteiger partial charge in [0.1, 0.15) is 66.8 Å². The Morgan fingerprint density at radius 2 is 1.25 bits per heavy atom.